The molecule has 1 aromatic heterocycles. The van der Waals surface area contributed by atoms with E-state index >= 15 is 0 Å². The number of nitrogens with zero attached hydrogens (tertiary/aromatic N) is 3. The highest BCUT2D eigenvalue weighted by Gasteiger charge is 2.64. The molecule has 0 bridgehead atoms. The fourth-order valence-electron chi connectivity index (χ4n) is 9.60. The van der Waals surface area contributed by atoms with Crippen molar-refractivity contribution in [3.8, 4) is 28.0 Å². The minimum atomic E-state index is -4.72. The lowest BCUT2D eigenvalue weighted by Crippen LogP contribution is -2.74. The van der Waals surface area contributed by atoms with E-state index in [1.54, 1.807) is 47.2 Å². The Kier molecular flexibility index (Phi) is 16.7. The lowest BCUT2D eigenvalue weighted by atomic mass is 9.49. The van der Waals surface area contributed by atoms with Gasteiger partial charge in [-0.05, 0) is 85.2 Å². The molecule has 1 aliphatic heterocycles. The van der Waals surface area contributed by atoms with Crippen molar-refractivity contribution in [3.63, 3.8) is 0 Å². The van der Waals surface area contributed by atoms with Gasteiger partial charge >= 0.3 is 6.18 Å². The molecule has 0 spiro atoms. The molecule has 3 atom stereocenters. The molecule has 0 radical (unpaired) electrons. The number of nitriles is 1. The third kappa shape index (κ3) is 12.6. The summed E-state index contributed by atoms with van der Waals surface area (Å²) in [7, 11) is 0. The van der Waals surface area contributed by atoms with Gasteiger partial charge in [-0.1, -0.05) is 72.7 Å². The number of aliphatic hydroxyl groups excluding tert-OH is 1. The number of aryl methyl sites for hydroxylation is 1. The summed E-state index contributed by atoms with van der Waals surface area (Å²) in [5.74, 6) is -1.07. The van der Waals surface area contributed by atoms with Gasteiger partial charge in [-0.25, -0.2) is 4.98 Å². The molecule has 2 heterocycles. The Morgan fingerprint density at radius 1 is 0.943 bits per heavy atom. The Bertz CT molecular complexity index is 2520. The van der Waals surface area contributed by atoms with Crippen molar-refractivity contribution in [1.82, 2.24) is 25.8 Å². The lowest BCUT2D eigenvalue weighted by Gasteiger charge is -2.63. The van der Waals surface area contributed by atoms with E-state index in [1.165, 1.54) is 11.0 Å². The Labute approximate surface area is 411 Å². The summed E-state index contributed by atoms with van der Waals surface area (Å²) in [5.41, 5.74) is 1.51. The first-order valence-electron chi connectivity index (χ1n) is 23.4. The van der Waals surface area contributed by atoms with E-state index in [0.717, 1.165) is 40.3 Å². The lowest BCUT2D eigenvalue weighted by molar-refractivity contribution is -0.164. The zero-order valence-electron chi connectivity index (χ0n) is 40.9. The second-order valence-electron chi connectivity index (χ2n) is 20.3. The van der Waals surface area contributed by atoms with Crippen LogP contribution in [0.25, 0.3) is 10.4 Å². The number of benzene rings is 3. The van der Waals surface area contributed by atoms with Crippen LogP contribution in [0.1, 0.15) is 107 Å². The molecule has 6 rings (SSSR count). The molecule has 1 saturated carbocycles. The number of hydrogen-bond acceptors (Lipinski definition) is 11. The second-order valence-corrected chi connectivity index (χ2v) is 21.1. The molecule has 4 aromatic rings. The average molecular weight is 989 g/mol. The van der Waals surface area contributed by atoms with Crippen LogP contribution in [-0.4, -0.2) is 95.3 Å². The molecule has 2 fully saturated rings. The SMILES string of the molecule is Cc1ncsc1-c1ccc(CNC(=O)[C@@H]2C[C@@H](O)CN2C(=O)[C@@H](NC(=O)COCCCCCOc2ccc(C(=O)NC3C(C)(C)C(Oc4ccc(C#N)c(C(F)(F)F)c4)C3(C)C)cc2)C(C)(C)C)cc1. The normalized spacial score (nSPS) is 19.8. The van der Waals surface area contributed by atoms with Gasteiger partial charge in [-0.2, -0.15) is 18.4 Å². The highest BCUT2D eigenvalue weighted by Crippen LogP contribution is 2.56. The number of ether oxygens (including phenoxy) is 3. The summed E-state index contributed by atoms with van der Waals surface area (Å²) >= 11 is 1.56. The number of β-amino-alcohol motifs (C(OH)–C–C–N with tert-alkyl or cyclic N) is 1. The van der Waals surface area contributed by atoms with E-state index in [2.05, 4.69) is 20.9 Å². The number of amides is 4. The van der Waals surface area contributed by atoms with Gasteiger partial charge < -0.3 is 40.2 Å². The van der Waals surface area contributed by atoms with Crippen LogP contribution in [0.15, 0.2) is 72.2 Å². The van der Waals surface area contributed by atoms with Gasteiger partial charge in [0, 0.05) is 48.6 Å². The summed E-state index contributed by atoms with van der Waals surface area (Å²) in [6, 6.07) is 17.1. The fourth-order valence-corrected chi connectivity index (χ4v) is 10.4. The van der Waals surface area contributed by atoms with Gasteiger partial charge in [0.25, 0.3) is 5.91 Å². The minimum Gasteiger partial charge on any atom is -0.494 e. The number of aromatic nitrogens is 1. The van der Waals surface area contributed by atoms with Crippen molar-refractivity contribution >= 4 is 35.0 Å². The standard InChI is InChI=1S/C52H63F3N6O8S/c1-31-42(70-30-58-31)33-14-12-32(13-15-33)27-57-45(65)40-24-36(62)28-61(40)46(66)43(49(2,3)4)59-41(63)29-67-22-10-9-11-23-68-37-19-16-34(17-20-37)44(64)60-47-50(5,6)48(51(47,7)8)69-38-21-18-35(26-56)39(25-38)52(53,54)55/h12-21,25,30,36,40,43,47-48,62H,9-11,22-24,27-29H2,1-8H3,(H,57,65)(H,59,63)(H,60,64)/t36-,40+,43-,47?,48?/m1/s1. The largest absolute Gasteiger partial charge is 0.494 e. The Balaban J connectivity index is 0.885. The summed E-state index contributed by atoms with van der Waals surface area (Å²) < 4.78 is 58.4. The number of rotatable bonds is 19. The number of aliphatic hydroxyl groups is 1. The first kappa shape index (κ1) is 53.3. The predicted octanol–water partition coefficient (Wildman–Crippen LogP) is 8.00. The summed E-state index contributed by atoms with van der Waals surface area (Å²) in [5, 5.41) is 28.5. The number of carbonyl (C=O) groups excluding carboxylic acids is 4. The molecule has 376 valence electrons. The Morgan fingerprint density at radius 2 is 1.60 bits per heavy atom. The van der Waals surface area contributed by atoms with Crippen molar-refractivity contribution in [2.75, 3.05) is 26.4 Å². The van der Waals surface area contributed by atoms with Crippen molar-refractivity contribution in [1.29, 1.82) is 5.26 Å². The molecular formula is C52H63F3N6O8S. The number of unbranched alkanes of at least 4 members (excludes halogenated alkanes) is 2. The molecule has 14 nitrogen and oxygen atoms in total. The van der Waals surface area contributed by atoms with Crippen LogP contribution in [0.3, 0.4) is 0 Å². The van der Waals surface area contributed by atoms with Crippen LogP contribution in [-0.2, 0) is 31.8 Å². The van der Waals surface area contributed by atoms with E-state index in [4.69, 9.17) is 19.5 Å². The van der Waals surface area contributed by atoms with E-state index in [-0.39, 0.29) is 49.7 Å². The first-order chi connectivity index (χ1) is 32.9. The molecule has 3 aromatic carbocycles. The van der Waals surface area contributed by atoms with Gasteiger partial charge in [0.05, 0.1) is 46.0 Å². The van der Waals surface area contributed by atoms with Gasteiger partial charge in [0.1, 0.15) is 36.3 Å². The zero-order chi connectivity index (χ0) is 51.2. The second kappa shape index (κ2) is 21.9. The maximum atomic E-state index is 14.0. The minimum absolute atomic E-state index is 0.00936. The van der Waals surface area contributed by atoms with E-state index in [9.17, 15) is 37.5 Å². The average Bonchev–Trinajstić information content (AvgIpc) is 3.93. The van der Waals surface area contributed by atoms with E-state index < -0.39 is 69.7 Å². The number of hydrogen-bond donors (Lipinski definition) is 4. The maximum Gasteiger partial charge on any atom is 0.417 e. The number of carbonyl (C=O) groups is 4. The maximum absolute atomic E-state index is 14.0. The molecule has 4 amide bonds. The van der Waals surface area contributed by atoms with Crippen LogP contribution in [0.4, 0.5) is 13.2 Å². The zero-order valence-corrected chi connectivity index (χ0v) is 41.7. The summed E-state index contributed by atoms with van der Waals surface area (Å²) in [6.45, 7) is 15.6. The van der Waals surface area contributed by atoms with Crippen molar-refractivity contribution in [2.45, 2.75) is 124 Å². The molecule has 18 heteroatoms. The number of halogens is 3. The number of alkyl halides is 3. The summed E-state index contributed by atoms with van der Waals surface area (Å²) in [4.78, 5) is 60.5. The van der Waals surface area contributed by atoms with Gasteiger partial charge in [0.2, 0.25) is 17.7 Å². The molecule has 2 aliphatic rings. The van der Waals surface area contributed by atoms with Crippen molar-refractivity contribution in [3.05, 3.63) is 100 Å². The van der Waals surface area contributed by atoms with E-state index in [1.807, 2.05) is 79.7 Å². The number of thiazole rings is 1. The first-order valence-corrected chi connectivity index (χ1v) is 24.2. The van der Waals surface area contributed by atoms with Crippen molar-refractivity contribution in [2.24, 2.45) is 16.2 Å². The van der Waals surface area contributed by atoms with Gasteiger partial charge in [0.15, 0.2) is 0 Å². The monoisotopic (exact) mass is 988 g/mol. The molecule has 0 unspecified atom stereocenters. The topological polar surface area (TPSA) is 192 Å². The fraction of sp³-hybridized carbons (Fsp3) is 0.500. The van der Waals surface area contributed by atoms with Gasteiger partial charge in [-0.15, -0.1) is 11.3 Å². The van der Waals surface area contributed by atoms with Gasteiger partial charge in [-0.3, -0.25) is 19.2 Å². The van der Waals surface area contributed by atoms with Crippen LogP contribution >= 0.6 is 11.3 Å². The third-order valence-corrected chi connectivity index (χ3v) is 14.0. The molecule has 70 heavy (non-hydrogen) atoms. The smallest absolute Gasteiger partial charge is 0.417 e. The van der Waals surface area contributed by atoms with Crippen LogP contribution in [0.2, 0.25) is 0 Å². The quantitative estimate of drug-likeness (QED) is 0.0670. The third-order valence-electron chi connectivity index (χ3n) is 13.0. The highest BCUT2D eigenvalue weighted by atomic mass is 32.1. The predicted molar refractivity (Wildman–Crippen MR) is 258 cm³/mol. The molecule has 4 N–H and O–H groups in total. The Hall–Kier alpha value is -6.03. The van der Waals surface area contributed by atoms with Crippen LogP contribution in [0.5, 0.6) is 11.5 Å². The van der Waals surface area contributed by atoms with Crippen LogP contribution < -0.4 is 25.4 Å². The number of likely N-dealkylation sites (tertiary alicyclic amines) is 1. The highest BCUT2D eigenvalue weighted by molar-refractivity contribution is 7.13. The van der Waals surface area contributed by atoms with Crippen molar-refractivity contribution < 1.29 is 51.7 Å². The van der Waals surface area contributed by atoms with Crippen LogP contribution in [0, 0.1) is 34.5 Å². The number of nitrogens with one attached hydrogen (secondary N) is 3. The van der Waals surface area contributed by atoms with E-state index in [0.29, 0.717) is 37.4 Å². The molecule has 1 aliphatic carbocycles. The molecule has 1 saturated heterocycles. The Morgan fingerprint density at radius 3 is 2.21 bits per heavy atom. The summed E-state index contributed by atoms with van der Waals surface area (Å²) in [6.07, 6.45) is -3.97. The molecular weight excluding hydrogens is 926 g/mol.